The van der Waals surface area contributed by atoms with Crippen molar-refractivity contribution in [1.82, 2.24) is 9.66 Å². The molecule has 96 valence electrons. The Morgan fingerprint density at radius 1 is 1.39 bits per heavy atom. The zero-order valence-corrected chi connectivity index (χ0v) is 10.7. The molecule has 0 saturated heterocycles. The number of nitrogen functional groups attached to an aromatic ring is 2. The first-order valence-corrected chi connectivity index (χ1v) is 5.87. The maximum Gasteiger partial charge on any atom is 0.150 e. The van der Waals surface area contributed by atoms with Gasteiger partial charge in [-0.2, -0.15) is 0 Å². The predicted molar refractivity (Wildman–Crippen MR) is 72.3 cm³/mol. The van der Waals surface area contributed by atoms with Crippen molar-refractivity contribution in [3.8, 4) is 11.3 Å². The molecule has 0 radical (unpaired) electrons. The molecule has 18 heavy (non-hydrogen) atoms. The van der Waals surface area contributed by atoms with Crippen molar-refractivity contribution in [2.45, 2.75) is 20.0 Å². The second-order valence-electron chi connectivity index (χ2n) is 4.12. The van der Waals surface area contributed by atoms with Crippen LogP contribution in [0.25, 0.3) is 11.3 Å². The summed E-state index contributed by atoms with van der Waals surface area (Å²) in [5.41, 5.74) is 8.75. The number of hydrogen-bond acceptors (Lipinski definition) is 4. The Kier molecular flexibility index (Phi) is 3.53. The predicted octanol–water partition coefficient (Wildman–Crippen LogP) is 1.55. The van der Waals surface area contributed by atoms with Crippen LogP contribution in [-0.2, 0) is 17.8 Å². The van der Waals surface area contributed by atoms with Crippen molar-refractivity contribution in [2.75, 3.05) is 18.7 Å². The van der Waals surface area contributed by atoms with Gasteiger partial charge in [0.05, 0.1) is 6.61 Å². The Hall–Kier alpha value is -2.01. The van der Waals surface area contributed by atoms with Crippen LogP contribution in [0, 0.1) is 0 Å². The van der Waals surface area contributed by atoms with Crippen LogP contribution in [0.15, 0.2) is 24.3 Å². The molecule has 0 amide bonds. The number of hydrogen-bond donors (Lipinski definition) is 2. The van der Waals surface area contributed by atoms with Crippen LogP contribution >= 0.6 is 0 Å². The van der Waals surface area contributed by atoms with E-state index in [0.29, 0.717) is 12.4 Å². The lowest BCUT2D eigenvalue weighted by Crippen LogP contribution is -2.14. The molecule has 0 unspecified atom stereocenters. The average Bonchev–Trinajstić information content (AvgIpc) is 2.67. The van der Waals surface area contributed by atoms with Crippen molar-refractivity contribution >= 4 is 5.82 Å². The molecule has 1 heterocycles. The Labute approximate surface area is 106 Å². The molecule has 0 saturated carbocycles. The average molecular weight is 246 g/mol. The molecule has 0 spiro atoms. The molecular formula is C13H18N4O. The number of aromatic nitrogens is 2. The van der Waals surface area contributed by atoms with Gasteiger partial charge in [-0.15, -0.1) is 0 Å². The number of ether oxygens (including phenoxy) is 1. The van der Waals surface area contributed by atoms with Gasteiger partial charge in [0.1, 0.15) is 11.5 Å². The van der Waals surface area contributed by atoms with Crippen molar-refractivity contribution < 1.29 is 4.74 Å². The van der Waals surface area contributed by atoms with E-state index in [-0.39, 0.29) is 0 Å². The molecule has 2 aromatic rings. The monoisotopic (exact) mass is 246 g/mol. The van der Waals surface area contributed by atoms with Gasteiger partial charge in [-0.3, -0.25) is 0 Å². The van der Waals surface area contributed by atoms with Crippen molar-refractivity contribution in [3.63, 3.8) is 0 Å². The van der Waals surface area contributed by atoms with E-state index in [4.69, 9.17) is 16.3 Å². The van der Waals surface area contributed by atoms with Crippen LogP contribution in [0.4, 0.5) is 5.82 Å². The van der Waals surface area contributed by atoms with E-state index in [1.54, 1.807) is 7.11 Å². The number of nitrogens with zero attached hydrogens (tertiary/aromatic N) is 2. The van der Waals surface area contributed by atoms with E-state index in [1.165, 1.54) is 4.68 Å². The minimum absolute atomic E-state index is 0.487. The number of imidazole rings is 1. The van der Waals surface area contributed by atoms with Crippen molar-refractivity contribution in [1.29, 1.82) is 0 Å². The minimum Gasteiger partial charge on any atom is -0.382 e. The van der Waals surface area contributed by atoms with Gasteiger partial charge in [0.25, 0.3) is 0 Å². The Morgan fingerprint density at radius 3 is 2.78 bits per heavy atom. The van der Waals surface area contributed by atoms with Crippen molar-refractivity contribution in [2.24, 2.45) is 0 Å². The highest BCUT2D eigenvalue weighted by atomic mass is 16.5. The van der Waals surface area contributed by atoms with Crippen molar-refractivity contribution in [3.05, 3.63) is 35.7 Å². The molecule has 0 atom stereocenters. The van der Waals surface area contributed by atoms with Gasteiger partial charge >= 0.3 is 0 Å². The van der Waals surface area contributed by atoms with E-state index in [0.717, 1.165) is 29.1 Å². The molecule has 0 aliphatic heterocycles. The van der Waals surface area contributed by atoms with E-state index >= 15 is 0 Å². The zero-order chi connectivity index (χ0) is 13.1. The van der Waals surface area contributed by atoms with E-state index in [1.807, 2.05) is 31.2 Å². The fourth-order valence-corrected chi connectivity index (χ4v) is 1.93. The molecule has 5 heteroatoms. The Bertz CT molecular complexity index is 548. The SMILES string of the molecule is CCc1nc(-c2cccc(COC)c2)c(N)n1N. The number of methoxy groups -OCH3 is 1. The Morgan fingerprint density at radius 2 is 2.17 bits per heavy atom. The summed E-state index contributed by atoms with van der Waals surface area (Å²) in [6.45, 7) is 2.56. The molecule has 2 rings (SSSR count). The summed E-state index contributed by atoms with van der Waals surface area (Å²) in [6.07, 6.45) is 0.748. The van der Waals surface area contributed by atoms with Gasteiger partial charge in [-0.05, 0) is 11.6 Å². The smallest absolute Gasteiger partial charge is 0.150 e. The first-order chi connectivity index (χ1) is 8.67. The fourth-order valence-electron chi connectivity index (χ4n) is 1.93. The van der Waals surface area contributed by atoms with E-state index in [9.17, 15) is 0 Å². The quantitative estimate of drug-likeness (QED) is 0.802. The van der Waals surface area contributed by atoms with Gasteiger partial charge in [0, 0.05) is 19.1 Å². The molecule has 1 aromatic carbocycles. The molecule has 0 bridgehead atoms. The summed E-state index contributed by atoms with van der Waals surface area (Å²) in [4.78, 5) is 4.47. The molecule has 4 N–H and O–H groups in total. The summed E-state index contributed by atoms with van der Waals surface area (Å²) in [6, 6.07) is 7.95. The lowest BCUT2D eigenvalue weighted by atomic mass is 10.1. The van der Waals surface area contributed by atoms with E-state index < -0.39 is 0 Å². The highest BCUT2D eigenvalue weighted by Crippen LogP contribution is 2.26. The van der Waals surface area contributed by atoms with Gasteiger partial charge < -0.3 is 16.3 Å². The minimum atomic E-state index is 0.487. The van der Waals surface area contributed by atoms with Gasteiger partial charge in [-0.1, -0.05) is 25.1 Å². The summed E-state index contributed by atoms with van der Waals surface area (Å²) in [7, 11) is 1.67. The number of aryl methyl sites for hydroxylation is 1. The van der Waals surface area contributed by atoms with Crippen LogP contribution in [0.3, 0.4) is 0 Å². The highest BCUT2D eigenvalue weighted by molar-refractivity contribution is 5.71. The third kappa shape index (κ3) is 2.17. The Balaban J connectivity index is 2.45. The largest absolute Gasteiger partial charge is 0.382 e. The second kappa shape index (κ2) is 5.10. The third-order valence-electron chi connectivity index (χ3n) is 2.85. The lowest BCUT2D eigenvalue weighted by Gasteiger charge is -2.03. The molecule has 0 aliphatic rings. The van der Waals surface area contributed by atoms with Crippen LogP contribution in [-0.4, -0.2) is 16.8 Å². The second-order valence-corrected chi connectivity index (χ2v) is 4.12. The number of nitrogens with two attached hydrogens (primary N) is 2. The molecule has 0 fully saturated rings. The van der Waals surface area contributed by atoms with Gasteiger partial charge in [0.2, 0.25) is 0 Å². The van der Waals surface area contributed by atoms with Crippen LogP contribution in [0.2, 0.25) is 0 Å². The first kappa shape index (κ1) is 12.4. The highest BCUT2D eigenvalue weighted by Gasteiger charge is 2.13. The van der Waals surface area contributed by atoms with Crippen LogP contribution in [0.1, 0.15) is 18.3 Å². The summed E-state index contributed by atoms with van der Waals surface area (Å²) < 4.78 is 6.56. The summed E-state index contributed by atoms with van der Waals surface area (Å²) in [5.74, 6) is 7.12. The number of benzene rings is 1. The molecule has 1 aromatic heterocycles. The standard InChI is InChI=1S/C13H18N4O/c1-3-11-16-12(13(14)17(11)15)10-6-4-5-9(7-10)8-18-2/h4-7H,3,8,14-15H2,1-2H3. The molecule has 0 aliphatic carbocycles. The van der Waals surface area contributed by atoms with E-state index in [2.05, 4.69) is 4.98 Å². The normalized spacial score (nSPS) is 10.8. The maximum atomic E-state index is 5.98. The molecular weight excluding hydrogens is 228 g/mol. The lowest BCUT2D eigenvalue weighted by molar-refractivity contribution is 0.185. The number of rotatable bonds is 4. The number of anilines is 1. The van der Waals surface area contributed by atoms with Crippen LogP contribution < -0.4 is 11.6 Å². The fraction of sp³-hybridized carbons (Fsp3) is 0.308. The zero-order valence-electron chi connectivity index (χ0n) is 10.7. The maximum absolute atomic E-state index is 5.98. The van der Waals surface area contributed by atoms with Crippen LogP contribution in [0.5, 0.6) is 0 Å². The first-order valence-electron chi connectivity index (χ1n) is 5.87. The summed E-state index contributed by atoms with van der Waals surface area (Å²) in [5, 5.41) is 0. The van der Waals surface area contributed by atoms with Gasteiger partial charge in [-0.25, -0.2) is 9.66 Å². The van der Waals surface area contributed by atoms with Gasteiger partial charge in [0.15, 0.2) is 5.82 Å². The summed E-state index contributed by atoms with van der Waals surface area (Å²) >= 11 is 0. The third-order valence-corrected chi connectivity index (χ3v) is 2.85. The topological polar surface area (TPSA) is 79.1 Å². The molecule has 5 nitrogen and oxygen atoms in total.